The molecule has 0 atom stereocenters. The number of nitrogens with two attached hydrogens (primary N) is 1. The van der Waals surface area contributed by atoms with Gasteiger partial charge in [0.2, 0.25) is 5.88 Å². The summed E-state index contributed by atoms with van der Waals surface area (Å²) in [5.41, 5.74) is 6.22. The van der Waals surface area contributed by atoms with Crippen LogP contribution in [0, 0.1) is 17.8 Å². The van der Waals surface area contributed by atoms with Crippen LogP contribution in [-0.2, 0) is 0 Å². The lowest BCUT2D eigenvalue weighted by molar-refractivity contribution is -0.0167. The van der Waals surface area contributed by atoms with Crippen molar-refractivity contribution in [1.82, 2.24) is 15.3 Å². The number of aromatic nitrogens is 2. The number of hydrogen-bond donors (Lipinski definition) is 4. The Bertz CT molecular complexity index is 912. The SMILES string of the molecule is NC(=O)c1nc(-c2ccc(C(=O)NC34CC5CC(CC(C5)C3)C4)cc2)[nH]c1O. The predicted octanol–water partition coefficient (Wildman–Crippen LogP) is 2.58. The fourth-order valence-electron chi connectivity index (χ4n) is 6.03. The van der Waals surface area contributed by atoms with Crippen molar-refractivity contribution in [1.29, 1.82) is 0 Å². The Kier molecular flexibility index (Phi) is 3.76. The smallest absolute Gasteiger partial charge is 0.272 e. The monoisotopic (exact) mass is 380 g/mol. The molecule has 7 nitrogen and oxygen atoms in total. The molecule has 0 spiro atoms. The van der Waals surface area contributed by atoms with Gasteiger partial charge in [-0.15, -0.1) is 0 Å². The molecule has 0 unspecified atom stereocenters. The largest absolute Gasteiger partial charge is 0.493 e. The highest BCUT2D eigenvalue weighted by Gasteiger charge is 2.51. The van der Waals surface area contributed by atoms with Gasteiger partial charge in [-0.25, -0.2) is 4.98 Å². The maximum absolute atomic E-state index is 12.9. The molecule has 1 aromatic carbocycles. The Labute approximate surface area is 162 Å². The predicted molar refractivity (Wildman–Crippen MR) is 103 cm³/mol. The quantitative estimate of drug-likeness (QED) is 0.651. The van der Waals surface area contributed by atoms with E-state index in [1.807, 2.05) is 0 Å². The van der Waals surface area contributed by atoms with Crippen LogP contribution in [0.1, 0.15) is 59.4 Å². The average Bonchev–Trinajstić information content (AvgIpc) is 3.02. The minimum absolute atomic E-state index is 0.0201. The molecule has 0 aliphatic heterocycles. The van der Waals surface area contributed by atoms with E-state index in [0.29, 0.717) is 17.0 Å². The average molecular weight is 380 g/mol. The molecular formula is C21H24N4O3. The van der Waals surface area contributed by atoms with Crippen LogP contribution in [0.4, 0.5) is 0 Å². The number of rotatable bonds is 4. The second-order valence-corrected chi connectivity index (χ2v) is 8.88. The molecule has 7 heteroatoms. The van der Waals surface area contributed by atoms with Crippen molar-refractivity contribution in [2.45, 2.75) is 44.1 Å². The zero-order chi connectivity index (χ0) is 19.5. The molecule has 4 aliphatic rings. The lowest BCUT2D eigenvalue weighted by Crippen LogP contribution is -2.59. The van der Waals surface area contributed by atoms with Gasteiger partial charge >= 0.3 is 0 Å². The molecule has 2 amide bonds. The molecule has 28 heavy (non-hydrogen) atoms. The highest BCUT2D eigenvalue weighted by Crippen LogP contribution is 2.55. The van der Waals surface area contributed by atoms with E-state index in [9.17, 15) is 14.7 Å². The summed E-state index contributed by atoms with van der Waals surface area (Å²) in [6.45, 7) is 0. The highest BCUT2D eigenvalue weighted by molar-refractivity contribution is 5.95. The fourth-order valence-corrected chi connectivity index (χ4v) is 6.03. The third-order valence-electron chi connectivity index (χ3n) is 6.76. The summed E-state index contributed by atoms with van der Waals surface area (Å²) in [6.07, 6.45) is 7.37. The number of H-pyrrole nitrogens is 1. The van der Waals surface area contributed by atoms with Gasteiger partial charge in [0.1, 0.15) is 5.82 Å². The van der Waals surface area contributed by atoms with Crippen molar-refractivity contribution in [2.75, 3.05) is 0 Å². The van der Waals surface area contributed by atoms with Crippen LogP contribution in [0.3, 0.4) is 0 Å². The first kappa shape index (κ1) is 17.3. The van der Waals surface area contributed by atoms with Gasteiger partial charge in [0.25, 0.3) is 11.8 Å². The van der Waals surface area contributed by atoms with Gasteiger partial charge < -0.3 is 21.1 Å². The number of imidazole rings is 1. The van der Waals surface area contributed by atoms with Crippen molar-refractivity contribution >= 4 is 11.8 Å². The van der Waals surface area contributed by atoms with Crippen molar-refractivity contribution in [2.24, 2.45) is 23.5 Å². The normalized spacial score (nSPS) is 30.4. The third-order valence-corrected chi connectivity index (χ3v) is 6.76. The number of benzene rings is 1. The van der Waals surface area contributed by atoms with Gasteiger partial charge in [-0.05, 0) is 68.4 Å². The number of aromatic amines is 1. The first-order valence-corrected chi connectivity index (χ1v) is 9.92. The topological polar surface area (TPSA) is 121 Å². The van der Waals surface area contributed by atoms with Crippen molar-refractivity contribution in [3.8, 4) is 17.3 Å². The van der Waals surface area contributed by atoms with E-state index < -0.39 is 5.91 Å². The Morgan fingerprint density at radius 3 is 2.14 bits per heavy atom. The summed E-state index contributed by atoms with van der Waals surface area (Å²) in [4.78, 5) is 30.8. The maximum Gasteiger partial charge on any atom is 0.272 e. The van der Waals surface area contributed by atoms with Gasteiger partial charge in [-0.2, -0.15) is 0 Å². The number of carbonyl (C=O) groups is 2. The molecule has 4 bridgehead atoms. The minimum Gasteiger partial charge on any atom is -0.493 e. The summed E-state index contributed by atoms with van der Waals surface area (Å²) < 4.78 is 0. The Morgan fingerprint density at radius 1 is 1.07 bits per heavy atom. The van der Waals surface area contributed by atoms with E-state index >= 15 is 0 Å². The standard InChI is InChI=1S/C21H24N4O3/c22-17(26)16-20(28)24-18(23-16)14-1-3-15(4-2-14)19(27)25-21-8-11-5-12(9-21)7-13(6-11)10-21/h1-4,11-13,28H,5-10H2,(H2,22,26)(H,23,24)(H,25,27). The van der Waals surface area contributed by atoms with E-state index in [-0.39, 0.29) is 23.0 Å². The Hall–Kier alpha value is -2.83. The number of primary amides is 1. The third kappa shape index (κ3) is 2.85. The summed E-state index contributed by atoms with van der Waals surface area (Å²) >= 11 is 0. The maximum atomic E-state index is 12.9. The summed E-state index contributed by atoms with van der Waals surface area (Å²) in [5.74, 6) is 1.48. The lowest BCUT2D eigenvalue weighted by atomic mass is 9.53. The van der Waals surface area contributed by atoms with Crippen LogP contribution in [0.15, 0.2) is 24.3 Å². The van der Waals surface area contributed by atoms with Gasteiger partial charge in [0.15, 0.2) is 5.69 Å². The second-order valence-electron chi connectivity index (χ2n) is 8.88. The molecule has 5 N–H and O–H groups in total. The molecule has 146 valence electrons. The van der Waals surface area contributed by atoms with Gasteiger partial charge in [0.05, 0.1) is 0 Å². The molecule has 0 radical (unpaired) electrons. The van der Waals surface area contributed by atoms with E-state index in [1.165, 1.54) is 19.3 Å². The van der Waals surface area contributed by atoms with Crippen LogP contribution in [0.2, 0.25) is 0 Å². The van der Waals surface area contributed by atoms with Crippen LogP contribution >= 0.6 is 0 Å². The summed E-state index contributed by atoms with van der Waals surface area (Å²) in [5, 5.41) is 13.1. The zero-order valence-corrected chi connectivity index (χ0v) is 15.6. The molecule has 4 saturated carbocycles. The molecule has 2 aromatic rings. The van der Waals surface area contributed by atoms with Gasteiger partial charge in [0, 0.05) is 16.7 Å². The fraction of sp³-hybridized carbons (Fsp3) is 0.476. The van der Waals surface area contributed by atoms with Gasteiger partial charge in [-0.3, -0.25) is 9.59 Å². The Morgan fingerprint density at radius 2 is 1.64 bits per heavy atom. The number of hydrogen-bond acceptors (Lipinski definition) is 4. The molecule has 1 aromatic heterocycles. The number of carbonyl (C=O) groups excluding carboxylic acids is 2. The second kappa shape index (κ2) is 6.09. The number of amides is 2. The highest BCUT2D eigenvalue weighted by atomic mass is 16.3. The molecule has 6 rings (SSSR count). The first-order valence-electron chi connectivity index (χ1n) is 9.92. The van der Waals surface area contributed by atoms with Crippen LogP contribution in [-0.4, -0.2) is 32.4 Å². The number of nitrogens with zero attached hydrogens (tertiary/aromatic N) is 1. The van der Waals surface area contributed by atoms with Crippen LogP contribution in [0.25, 0.3) is 11.4 Å². The van der Waals surface area contributed by atoms with Crippen molar-refractivity contribution in [3.05, 3.63) is 35.5 Å². The molecule has 4 fully saturated rings. The number of nitrogens with one attached hydrogen (secondary N) is 2. The summed E-state index contributed by atoms with van der Waals surface area (Å²) in [6, 6.07) is 6.98. The molecule has 4 aliphatic carbocycles. The number of aromatic hydroxyl groups is 1. The van der Waals surface area contributed by atoms with E-state index in [1.54, 1.807) is 24.3 Å². The van der Waals surface area contributed by atoms with Crippen LogP contribution in [0.5, 0.6) is 5.88 Å². The Balaban J connectivity index is 1.33. The van der Waals surface area contributed by atoms with Crippen molar-refractivity contribution in [3.63, 3.8) is 0 Å². The van der Waals surface area contributed by atoms with Crippen molar-refractivity contribution < 1.29 is 14.7 Å². The van der Waals surface area contributed by atoms with E-state index in [0.717, 1.165) is 37.0 Å². The van der Waals surface area contributed by atoms with E-state index in [4.69, 9.17) is 5.73 Å². The summed E-state index contributed by atoms with van der Waals surface area (Å²) in [7, 11) is 0. The van der Waals surface area contributed by atoms with E-state index in [2.05, 4.69) is 15.3 Å². The lowest BCUT2D eigenvalue weighted by Gasteiger charge is -2.56. The minimum atomic E-state index is -0.799. The molecule has 1 heterocycles. The molecular weight excluding hydrogens is 356 g/mol. The molecule has 0 saturated heterocycles. The first-order chi connectivity index (χ1) is 13.4. The van der Waals surface area contributed by atoms with Crippen LogP contribution < -0.4 is 11.1 Å². The van der Waals surface area contributed by atoms with Gasteiger partial charge in [-0.1, -0.05) is 12.1 Å². The zero-order valence-electron chi connectivity index (χ0n) is 15.6.